The van der Waals surface area contributed by atoms with Gasteiger partial charge in [-0.25, -0.2) is 13.1 Å². The Labute approximate surface area is 189 Å². The maximum atomic E-state index is 12.5. The molecule has 2 rings (SSSR count). The van der Waals surface area contributed by atoms with E-state index in [1.54, 1.807) is 24.3 Å². The van der Waals surface area contributed by atoms with Crippen LogP contribution in [0.25, 0.3) is 0 Å². The van der Waals surface area contributed by atoms with E-state index in [9.17, 15) is 33.4 Å². The molecule has 178 valence electrons. The second-order valence-electron chi connectivity index (χ2n) is 6.90. The molecule has 0 aliphatic heterocycles. The Kier molecular flexibility index (Phi) is 8.82. The number of esters is 1. The summed E-state index contributed by atoms with van der Waals surface area (Å²) in [5.41, 5.74) is -0.696. The average molecular weight is 481 g/mol. The number of nitrogens with zero attached hydrogens (tertiary/aromatic N) is 2. The number of carbonyl (C=O) groups is 1. The molecule has 0 aromatic heterocycles. The number of non-ortho nitro benzene ring substituents is 1. The van der Waals surface area contributed by atoms with Crippen molar-refractivity contribution in [2.45, 2.75) is 24.7 Å². The van der Waals surface area contributed by atoms with Crippen LogP contribution in [0, 0.1) is 26.1 Å². The summed E-state index contributed by atoms with van der Waals surface area (Å²) < 4.78 is 37.6. The summed E-state index contributed by atoms with van der Waals surface area (Å²) in [6.45, 7) is 1.95. The molecule has 0 fully saturated rings. The molecule has 0 aliphatic carbocycles. The molecule has 0 amide bonds. The molecule has 2 aromatic rings. The van der Waals surface area contributed by atoms with Gasteiger partial charge in [0.15, 0.2) is 4.90 Å². The number of methoxy groups -OCH3 is 1. The second kappa shape index (κ2) is 11.3. The maximum Gasteiger partial charge on any atom is 0.312 e. The summed E-state index contributed by atoms with van der Waals surface area (Å²) in [6.07, 6.45) is 0.845. The molecule has 0 spiro atoms. The lowest BCUT2D eigenvalue weighted by Gasteiger charge is -2.14. The van der Waals surface area contributed by atoms with Crippen LogP contribution >= 0.6 is 0 Å². The van der Waals surface area contributed by atoms with Crippen LogP contribution < -0.4 is 9.46 Å². The molecule has 1 N–H and O–H groups in total. The predicted octanol–water partition coefficient (Wildman–Crippen LogP) is 2.60. The molecule has 33 heavy (non-hydrogen) atoms. The largest absolute Gasteiger partial charge is 0.493 e. The first-order chi connectivity index (χ1) is 15.6. The van der Waals surface area contributed by atoms with Gasteiger partial charge in [0.25, 0.3) is 11.4 Å². The summed E-state index contributed by atoms with van der Waals surface area (Å²) in [5.74, 6) is -0.203. The van der Waals surface area contributed by atoms with E-state index in [-0.39, 0.29) is 31.5 Å². The molecule has 0 bridgehead atoms. The second-order valence-corrected chi connectivity index (χ2v) is 8.63. The van der Waals surface area contributed by atoms with E-state index in [4.69, 9.17) is 9.47 Å². The zero-order valence-corrected chi connectivity index (χ0v) is 18.7. The van der Waals surface area contributed by atoms with Crippen molar-refractivity contribution in [1.29, 1.82) is 0 Å². The molecular weight excluding hydrogens is 458 g/mol. The van der Waals surface area contributed by atoms with Crippen molar-refractivity contribution in [3.63, 3.8) is 0 Å². The third kappa shape index (κ3) is 6.95. The summed E-state index contributed by atoms with van der Waals surface area (Å²) in [5, 5.41) is 22.0. The summed E-state index contributed by atoms with van der Waals surface area (Å²) in [7, 11) is -2.96. The van der Waals surface area contributed by atoms with Gasteiger partial charge in [-0.2, -0.15) is 0 Å². The third-order valence-electron chi connectivity index (χ3n) is 4.75. The van der Waals surface area contributed by atoms with Crippen molar-refractivity contribution >= 4 is 27.4 Å². The molecule has 0 saturated heterocycles. The quantitative estimate of drug-likeness (QED) is 0.272. The number of rotatable bonds is 12. The van der Waals surface area contributed by atoms with Crippen molar-refractivity contribution < 1.29 is 32.5 Å². The fourth-order valence-electron chi connectivity index (χ4n) is 2.87. The Morgan fingerprint density at radius 3 is 2.30 bits per heavy atom. The minimum Gasteiger partial charge on any atom is -0.493 e. The summed E-state index contributed by atoms with van der Waals surface area (Å²) in [4.78, 5) is 31.1. The van der Waals surface area contributed by atoms with Crippen LogP contribution in [0.3, 0.4) is 0 Å². The summed E-state index contributed by atoms with van der Waals surface area (Å²) in [6, 6.07) is 9.13. The Morgan fingerprint density at radius 2 is 1.76 bits per heavy atom. The number of benzene rings is 2. The van der Waals surface area contributed by atoms with Gasteiger partial charge < -0.3 is 9.47 Å². The van der Waals surface area contributed by atoms with Crippen LogP contribution in [0.5, 0.6) is 5.75 Å². The van der Waals surface area contributed by atoms with Gasteiger partial charge in [0.2, 0.25) is 10.0 Å². The topological polar surface area (TPSA) is 168 Å². The fourth-order valence-corrected chi connectivity index (χ4v) is 4.05. The van der Waals surface area contributed by atoms with Crippen molar-refractivity contribution in [1.82, 2.24) is 4.72 Å². The van der Waals surface area contributed by atoms with Crippen LogP contribution in [-0.4, -0.2) is 44.5 Å². The van der Waals surface area contributed by atoms with Gasteiger partial charge in [0.1, 0.15) is 12.4 Å². The first-order valence-corrected chi connectivity index (χ1v) is 11.3. The van der Waals surface area contributed by atoms with E-state index in [1.165, 1.54) is 7.11 Å². The van der Waals surface area contributed by atoms with Crippen molar-refractivity contribution in [2.75, 3.05) is 20.3 Å². The number of hydrogen-bond acceptors (Lipinski definition) is 9. The first-order valence-electron chi connectivity index (χ1n) is 9.81. The lowest BCUT2D eigenvalue weighted by molar-refractivity contribution is -0.396. The van der Waals surface area contributed by atoms with Gasteiger partial charge in [-0.15, -0.1) is 0 Å². The Bertz CT molecular complexity index is 1120. The van der Waals surface area contributed by atoms with Gasteiger partial charge in [-0.05, 0) is 36.6 Å². The first kappa shape index (κ1) is 25.7. The third-order valence-corrected chi connectivity index (χ3v) is 6.26. The number of ether oxygens (including phenoxy) is 2. The van der Waals surface area contributed by atoms with Crippen molar-refractivity contribution in [2.24, 2.45) is 5.92 Å². The molecule has 12 nitrogen and oxygen atoms in total. The highest BCUT2D eigenvalue weighted by Crippen LogP contribution is 2.28. The molecule has 0 aliphatic rings. The fraction of sp³-hybridized carbons (Fsp3) is 0.350. The molecule has 1 atom stereocenters. The number of nitro benzene ring substituents is 2. The van der Waals surface area contributed by atoms with Crippen molar-refractivity contribution in [3.05, 3.63) is 68.3 Å². The van der Waals surface area contributed by atoms with Crippen LogP contribution in [0.15, 0.2) is 47.4 Å². The number of nitro groups is 2. The zero-order chi connectivity index (χ0) is 24.6. The van der Waals surface area contributed by atoms with E-state index < -0.39 is 36.1 Å². The minimum atomic E-state index is -4.27. The average Bonchev–Trinajstić information content (AvgIpc) is 2.79. The van der Waals surface area contributed by atoms with Crippen LogP contribution in [0.4, 0.5) is 11.4 Å². The highest BCUT2D eigenvalue weighted by Gasteiger charge is 2.28. The Balaban J connectivity index is 1.99. The summed E-state index contributed by atoms with van der Waals surface area (Å²) >= 11 is 0. The van der Waals surface area contributed by atoms with E-state index in [2.05, 4.69) is 4.72 Å². The van der Waals surface area contributed by atoms with Gasteiger partial charge in [-0.1, -0.05) is 19.1 Å². The van der Waals surface area contributed by atoms with Crippen molar-refractivity contribution in [3.8, 4) is 5.75 Å². The molecular formula is C20H23N3O9S. The Morgan fingerprint density at radius 1 is 1.09 bits per heavy atom. The molecule has 13 heteroatoms. The standard InChI is InChI=1S/C20H23N3O9S/c1-3-15(20(24)31-2)13-32-17-7-4-14(5-8-17)10-11-21-33(29,30)19-9-6-16(22(25)26)12-18(19)23(27)28/h4-9,12,15,21H,3,10-11,13H2,1-2H3. The molecule has 0 heterocycles. The highest BCUT2D eigenvalue weighted by molar-refractivity contribution is 7.89. The smallest absolute Gasteiger partial charge is 0.312 e. The van der Waals surface area contributed by atoms with Crippen LogP contribution in [-0.2, 0) is 26.0 Å². The van der Waals surface area contributed by atoms with Gasteiger partial charge in [0.05, 0.1) is 28.9 Å². The number of hydrogen-bond donors (Lipinski definition) is 1. The predicted molar refractivity (Wildman–Crippen MR) is 116 cm³/mol. The monoisotopic (exact) mass is 481 g/mol. The van der Waals surface area contributed by atoms with E-state index in [1.807, 2.05) is 6.92 Å². The highest BCUT2D eigenvalue weighted by atomic mass is 32.2. The SMILES string of the molecule is CCC(COc1ccc(CCNS(=O)(=O)c2ccc([N+](=O)[O-])cc2[N+](=O)[O-])cc1)C(=O)OC. The number of nitrogens with one attached hydrogen (secondary N) is 1. The lowest BCUT2D eigenvalue weighted by Crippen LogP contribution is -2.26. The molecule has 2 aromatic carbocycles. The van der Waals surface area contributed by atoms with Gasteiger partial charge in [-0.3, -0.25) is 25.0 Å². The minimum absolute atomic E-state index is 0.0586. The lowest BCUT2D eigenvalue weighted by atomic mass is 10.1. The van der Waals surface area contributed by atoms with Gasteiger partial charge >= 0.3 is 5.97 Å². The molecule has 0 saturated carbocycles. The van der Waals surface area contributed by atoms with E-state index in [0.29, 0.717) is 18.2 Å². The maximum absolute atomic E-state index is 12.5. The number of carbonyl (C=O) groups excluding carboxylic acids is 1. The van der Waals surface area contributed by atoms with Crippen LogP contribution in [0.2, 0.25) is 0 Å². The van der Waals surface area contributed by atoms with Gasteiger partial charge in [0, 0.05) is 12.6 Å². The zero-order valence-electron chi connectivity index (χ0n) is 17.9. The normalized spacial score (nSPS) is 12.1. The van der Waals surface area contributed by atoms with Crippen LogP contribution in [0.1, 0.15) is 18.9 Å². The molecule has 1 unspecified atom stereocenters. The van der Waals surface area contributed by atoms with E-state index >= 15 is 0 Å². The van der Waals surface area contributed by atoms with E-state index in [0.717, 1.165) is 17.7 Å². The Hall–Kier alpha value is -3.58. The molecule has 0 radical (unpaired) electrons. The number of sulfonamides is 1.